The summed E-state index contributed by atoms with van der Waals surface area (Å²) in [6, 6.07) is 11.7. The van der Waals surface area contributed by atoms with E-state index in [1.165, 1.54) is 50.8 Å². The van der Waals surface area contributed by atoms with Gasteiger partial charge in [-0.1, -0.05) is 36.8 Å². The second-order valence-corrected chi connectivity index (χ2v) is 7.97. The van der Waals surface area contributed by atoms with Crippen LogP contribution < -0.4 is 5.32 Å². The zero-order valence-corrected chi connectivity index (χ0v) is 14.6. The van der Waals surface area contributed by atoms with Crippen LogP contribution in [0.25, 0.3) is 0 Å². The predicted molar refractivity (Wildman–Crippen MR) is 96.9 cm³/mol. The molecule has 0 radical (unpaired) electrons. The Labute approximate surface area is 145 Å². The Bertz CT molecular complexity index is 544. The highest BCUT2D eigenvalue weighted by molar-refractivity contribution is 5.83. The highest BCUT2D eigenvalue weighted by atomic mass is 16.2. The maximum Gasteiger partial charge on any atom is 0.223 e. The lowest BCUT2D eigenvalue weighted by Crippen LogP contribution is -2.45. The van der Waals surface area contributed by atoms with E-state index in [0.717, 1.165) is 25.3 Å². The van der Waals surface area contributed by atoms with Gasteiger partial charge in [-0.2, -0.15) is 0 Å². The molecule has 24 heavy (non-hydrogen) atoms. The summed E-state index contributed by atoms with van der Waals surface area (Å²) in [5.41, 5.74) is 1.33. The van der Waals surface area contributed by atoms with Crippen LogP contribution in [0.4, 0.5) is 0 Å². The predicted octanol–water partition coefficient (Wildman–Crippen LogP) is 3.70. The monoisotopic (exact) mass is 326 g/mol. The lowest BCUT2D eigenvalue weighted by molar-refractivity contribution is -0.123. The van der Waals surface area contributed by atoms with E-state index in [9.17, 15) is 4.79 Å². The van der Waals surface area contributed by atoms with Gasteiger partial charge in [0.15, 0.2) is 0 Å². The standard InChI is InChI=1S/C21H30N2O/c24-21(20-15-19(20)16-7-3-1-4-8-16)22-17-9-11-18(12-10-17)23-13-5-2-6-14-23/h1,3-4,7-8,17-20H,2,5-6,9-15H2,(H,22,24)/t17?,18?,19-,20+/m1/s1. The first kappa shape index (κ1) is 16.1. The van der Waals surface area contributed by atoms with Crippen LogP contribution in [-0.4, -0.2) is 36.0 Å². The topological polar surface area (TPSA) is 32.3 Å². The summed E-state index contributed by atoms with van der Waals surface area (Å²) < 4.78 is 0. The van der Waals surface area contributed by atoms with Crippen molar-refractivity contribution in [2.45, 2.75) is 69.4 Å². The fourth-order valence-corrected chi connectivity index (χ4v) is 4.73. The van der Waals surface area contributed by atoms with Gasteiger partial charge in [-0.3, -0.25) is 4.79 Å². The molecule has 1 aromatic carbocycles. The number of hydrogen-bond donors (Lipinski definition) is 1. The van der Waals surface area contributed by atoms with Crippen LogP contribution in [-0.2, 0) is 4.79 Å². The van der Waals surface area contributed by atoms with Gasteiger partial charge in [0.05, 0.1) is 0 Å². The fourth-order valence-electron chi connectivity index (χ4n) is 4.73. The van der Waals surface area contributed by atoms with Gasteiger partial charge in [-0.15, -0.1) is 0 Å². The molecule has 3 aliphatic rings. The van der Waals surface area contributed by atoms with Crippen molar-refractivity contribution in [1.29, 1.82) is 0 Å². The third kappa shape index (κ3) is 3.66. The number of rotatable bonds is 4. The van der Waals surface area contributed by atoms with Crippen LogP contribution in [0, 0.1) is 5.92 Å². The van der Waals surface area contributed by atoms with Gasteiger partial charge in [0, 0.05) is 18.0 Å². The summed E-state index contributed by atoms with van der Waals surface area (Å²) >= 11 is 0. The number of benzene rings is 1. The van der Waals surface area contributed by atoms with Gasteiger partial charge >= 0.3 is 0 Å². The normalized spacial score (nSPS) is 33.8. The number of carbonyl (C=O) groups is 1. The summed E-state index contributed by atoms with van der Waals surface area (Å²) in [5.74, 6) is 0.966. The number of carbonyl (C=O) groups excluding carboxylic acids is 1. The molecule has 3 fully saturated rings. The minimum absolute atomic E-state index is 0.215. The molecule has 1 N–H and O–H groups in total. The van der Waals surface area contributed by atoms with Crippen LogP contribution in [0.2, 0.25) is 0 Å². The Hall–Kier alpha value is -1.35. The van der Waals surface area contributed by atoms with Crippen molar-refractivity contribution >= 4 is 5.91 Å². The summed E-state index contributed by atoms with van der Waals surface area (Å²) in [6.45, 7) is 2.59. The Morgan fingerprint density at radius 2 is 1.67 bits per heavy atom. The molecule has 2 atom stereocenters. The first-order valence-electron chi connectivity index (χ1n) is 9.90. The molecule has 1 amide bonds. The number of hydrogen-bond acceptors (Lipinski definition) is 2. The molecule has 3 heteroatoms. The van der Waals surface area contributed by atoms with E-state index in [1.807, 2.05) is 6.07 Å². The molecule has 1 heterocycles. The number of amides is 1. The highest BCUT2D eigenvalue weighted by Crippen LogP contribution is 2.47. The van der Waals surface area contributed by atoms with Gasteiger partial charge in [0.25, 0.3) is 0 Å². The molecule has 1 aliphatic heterocycles. The largest absolute Gasteiger partial charge is 0.353 e. The zero-order chi connectivity index (χ0) is 16.4. The Morgan fingerprint density at radius 3 is 2.38 bits per heavy atom. The van der Waals surface area contributed by atoms with Crippen molar-refractivity contribution < 1.29 is 4.79 Å². The molecular formula is C21H30N2O. The average molecular weight is 326 g/mol. The van der Waals surface area contributed by atoms with Crippen molar-refractivity contribution in [2.75, 3.05) is 13.1 Å². The van der Waals surface area contributed by atoms with Crippen molar-refractivity contribution in [3.8, 4) is 0 Å². The smallest absolute Gasteiger partial charge is 0.223 e. The second kappa shape index (κ2) is 7.26. The Kier molecular flexibility index (Phi) is 4.88. The van der Waals surface area contributed by atoms with E-state index in [4.69, 9.17) is 0 Å². The third-order valence-electron chi connectivity index (χ3n) is 6.31. The van der Waals surface area contributed by atoms with Crippen molar-refractivity contribution in [1.82, 2.24) is 10.2 Å². The van der Waals surface area contributed by atoms with Gasteiger partial charge in [-0.05, 0) is 69.5 Å². The fraction of sp³-hybridized carbons (Fsp3) is 0.667. The number of nitrogens with one attached hydrogen (secondary N) is 1. The maximum absolute atomic E-state index is 12.5. The molecule has 2 aliphatic carbocycles. The molecule has 0 aromatic heterocycles. The summed E-state index contributed by atoms with van der Waals surface area (Å²) in [6.07, 6.45) is 10.0. The average Bonchev–Trinajstić information content (AvgIpc) is 3.45. The molecule has 0 spiro atoms. The third-order valence-corrected chi connectivity index (χ3v) is 6.31. The molecule has 0 unspecified atom stereocenters. The van der Waals surface area contributed by atoms with Gasteiger partial charge in [0.1, 0.15) is 0 Å². The van der Waals surface area contributed by atoms with Crippen LogP contribution in [0.15, 0.2) is 30.3 Å². The minimum atomic E-state index is 0.215. The van der Waals surface area contributed by atoms with E-state index in [-0.39, 0.29) is 5.92 Å². The number of likely N-dealkylation sites (tertiary alicyclic amines) is 1. The zero-order valence-electron chi connectivity index (χ0n) is 14.6. The van der Waals surface area contributed by atoms with Crippen LogP contribution >= 0.6 is 0 Å². The lowest BCUT2D eigenvalue weighted by atomic mass is 9.89. The highest BCUT2D eigenvalue weighted by Gasteiger charge is 2.44. The molecule has 1 saturated heterocycles. The quantitative estimate of drug-likeness (QED) is 0.915. The van der Waals surface area contributed by atoms with Crippen LogP contribution in [0.3, 0.4) is 0 Å². The first-order chi connectivity index (χ1) is 11.8. The molecule has 4 rings (SSSR count). The van der Waals surface area contributed by atoms with Gasteiger partial charge in [-0.25, -0.2) is 0 Å². The minimum Gasteiger partial charge on any atom is -0.353 e. The van der Waals surface area contributed by atoms with E-state index in [2.05, 4.69) is 34.5 Å². The van der Waals surface area contributed by atoms with E-state index in [1.54, 1.807) is 0 Å². The summed E-state index contributed by atoms with van der Waals surface area (Å²) in [4.78, 5) is 15.2. The molecule has 0 bridgehead atoms. The van der Waals surface area contributed by atoms with E-state index < -0.39 is 0 Å². The maximum atomic E-state index is 12.5. The molecule has 2 saturated carbocycles. The van der Waals surface area contributed by atoms with E-state index >= 15 is 0 Å². The van der Waals surface area contributed by atoms with Gasteiger partial charge in [0.2, 0.25) is 5.91 Å². The molecule has 3 nitrogen and oxygen atoms in total. The SMILES string of the molecule is O=C(NC1CCC(N2CCCCC2)CC1)[C@H]1C[C@@H]1c1ccccc1. The second-order valence-electron chi connectivity index (χ2n) is 7.97. The Morgan fingerprint density at radius 1 is 0.958 bits per heavy atom. The van der Waals surface area contributed by atoms with Crippen LogP contribution in [0.1, 0.15) is 62.8 Å². The number of piperidine rings is 1. The number of nitrogens with zero attached hydrogens (tertiary/aromatic N) is 1. The molecular weight excluding hydrogens is 296 g/mol. The summed E-state index contributed by atoms with van der Waals surface area (Å²) in [5, 5.41) is 3.35. The van der Waals surface area contributed by atoms with Crippen LogP contribution in [0.5, 0.6) is 0 Å². The van der Waals surface area contributed by atoms with Crippen molar-refractivity contribution in [3.05, 3.63) is 35.9 Å². The van der Waals surface area contributed by atoms with E-state index in [0.29, 0.717) is 17.9 Å². The molecule has 1 aromatic rings. The summed E-state index contributed by atoms with van der Waals surface area (Å²) in [7, 11) is 0. The van der Waals surface area contributed by atoms with Crippen molar-refractivity contribution in [2.24, 2.45) is 5.92 Å². The Balaban J connectivity index is 1.22. The molecule has 130 valence electrons. The van der Waals surface area contributed by atoms with Gasteiger partial charge < -0.3 is 10.2 Å². The first-order valence-corrected chi connectivity index (χ1v) is 9.90. The van der Waals surface area contributed by atoms with Crippen molar-refractivity contribution in [3.63, 3.8) is 0 Å². The lowest BCUT2D eigenvalue weighted by Gasteiger charge is -2.39.